The number of anilines is 1. The Morgan fingerprint density at radius 1 is 1.12 bits per heavy atom. The van der Waals surface area contributed by atoms with E-state index in [0.717, 1.165) is 30.6 Å². The van der Waals surface area contributed by atoms with E-state index in [9.17, 15) is 9.59 Å². The van der Waals surface area contributed by atoms with Crippen LogP contribution < -0.4 is 10.2 Å². The van der Waals surface area contributed by atoms with Gasteiger partial charge >= 0.3 is 0 Å². The van der Waals surface area contributed by atoms with Crippen LogP contribution in [0.2, 0.25) is 0 Å². The third kappa shape index (κ3) is 3.90. The number of carbonyl (C=O) groups excluding carboxylic acids is 2. The molecule has 130 valence electrons. The van der Waals surface area contributed by atoms with Crippen LogP contribution >= 0.6 is 0 Å². The Bertz CT molecular complexity index is 750. The van der Waals surface area contributed by atoms with E-state index in [0.29, 0.717) is 12.0 Å². The Hall–Kier alpha value is -2.62. The van der Waals surface area contributed by atoms with Crippen molar-refractivity contribution in [1.82, 2.24) is 5.32 Å². The molecule has 2 aromatic rings. The maximum atomic E-state index is 12.5. The number of hydrogen-bond acceptors (Lipinski definition) is 2. The highest BCUT2D eigenvalue weighted by atomic mass is 16.2. The van der Waals surface area contributed by atoms with Crippen LogP contribution in [0.4, 0.5) is 5.69 Å². The summed E-state index contributed by atoms with van der Waals surface area (Å²) in [5, 5.41) is 3.03. The standard InChI is InChI=1S/C21H24N2O2/c1-3-16-6-8-17(9-7-16)15(2)22-21(25)18-10-12-19(13-11-18)23-14-4-5-20(23)24/h6-13,15H,3-5,14H2,1-2H3,(H,22,25). The van der Waals surface area contributed by atoms with Crippen LogP contribution in [0, 0.1) is 0 Å². The lowest BCUT2D eigenvalue weighted by Crippen LogP contribution is -2.27. The quantitative estimate of drug-likeness (QED) is 0.901. The first-order valence-electron chi connectivity index (χ1n) is 8.88. The Balaban J connectivity index is 1.65. The zero-order chi connectivity index (χ0) is 17.8. The molecular formula is C21H24N2O2. The summed E-state index contributed by atoms with van der Waals surface area (Å²) >= 11 is 0. The van der Waals surface area contributed by atoms with Gasteiger partial charge in [0, 0.05) is 24.2 Å². The Kier molecular flexibility index (Phi) is 5.17. The molecule has 25 heavy (non-hydrogen) atoms. The van der Waals surface area contributed by atoms with Crippen LogP contribution in [0.5, 0.6) is 0 Å². The minimum atomic E-state index is -0.105. The van der Waals surface area contributed by atoms with Crippen LogP contribution in [0.1, 0.15) is 54.2 Å². The number of rotatable bonds is 5. The van der Waals surface area contributed by atoms with E-state index in [4.69, 9.17) is 0 Å². The monoisotopic (exact) mass is 336 g/mol. The third-order valence-corrected chi connectivity index (χ3v) is 4.75. The first-order valence-corrected chi connectivity index (χ1v) is 8.88. The molecule has 1 saturated heterocycles. The summed E-state index contributed by atoms with van der Waals surface area (Å²) in [5.41, 5.74) is 3.84. The van der Waals surface area contributed by atoms with Crippen molar-refractivity contribution in [2.45, 2.75) is 39.2 Å². The molecule has 1 unspecified atom stereocenters. The van der Waals surface area contributed by atoms with E-state index < -0.39 is 0 Å². The molecule has 0 bridgehead atoms. The normalized spacial score (nSPS) is 15.3. The summed E-state index contributed by atoms with van der Waals surface area (Å²) in [5.74, 6) is 0.0488. The van der Waals surface area contributed by atoms with Gasteiger partial charge in [-0.05, 0) is 55.2 Å². The van der Waals surface area contributed by atoms with Crippen LogP contribution in [-0.2, 0) is 11.2 Å². The van der Waals surface area contributed by atoms with Gasteiger partial charge in [-0.25, -0.2) is 0 Å². The lowest BCUT2D eigenvalue weighted by Gasteiger charge is -2.17. The van der Waals surface area contributed by atoms with Crippen molar-refractivity contribution in [3.63, 3.8) is 0 Å². The average Bonchev–Trinajstić information content (AvgIpc) is 3.07. The van der Waals surface area contributed by atoms with Crippen LogP contribution in [-0.4, -0.2) is 18.4 Å². The van der Waals surface area contributed by atoms with E-state index in [1.54, 1.807) is 17.0 Å². The SMILES string of the molecule is CCc1ccc(C(C)NC(=O)c2ccc(N3CCCC3=O)cc2)cc1. The molecule has 0 radical (unpaired) electrons. The van der Waals surface area contributed by atoms with Crippen molar-refractivity contribution in [2.24, 2.45) is 0 Å². The lowest BCUT2D eigenvalue weighted by atomic mass is 10.0. The molecule has 1 fully saturated rings. The van der Waals surface area contributed by atoms with E-state index in [1.807, 2.05) is 19.1 Å². The maximum absolute atomic E-state index is 12.5. The molecule has 3 rings (SSSR count). The number of nitrogens with zero attached hydrogens (tertiary/aromatic N) is 1. The highest BCUT2D eigenvalue weighted by molar-refractivity contribution is 5.97. The van der Waals surface area contributed by atoms with Crippen molar-refractivity contribution < 1.29 is 9.59 Å². The summed E-state index contributed by atoms with van der Waals surface area (Å²) < 4.78 is 0. The molecule has 1 N–H and O–H groups in total. The highest BCUT2D eigenvalue weighted by Gasteiger charge is 2.21. The predicted molar refractivity (Wildman–Crippen MR) is 99.7 cm³/mol. The van der Waals surface area contributed by atoms with Gasteiger partial charge in [-0.3, -0.25) is 9.59 Å². The molecule has 1 heterocycles. The molecular weight excluding hydrogens is 312 g/mol. The van der Waals surface area contributed by atoms with Gasteiger partial charge in [0.05, 0.1) is 6.04 Å². The topological polar surface area (TPSA) is 49.4 Å². The predicted octanol–water partition coefficient (Wildman–Crippen LogP) is 3.87. The Morgan fingerprint density at radius 3 is 2.36 bits per heavy atom. The van der Waals surface area contributed by atoms with Crippen LogP contribution in [0.3, 0.4) is 0 Å². The van der Waals surface area contributed by atoms with Crippen molar-refractivity contribution in [3.05, 3.63) is 65.2 Å². The number of carbonyl (C=O) groups is 2. The van der Waals surface area contributed by atoms with Gasteiger partial charge in [0.15, 0.2) is 0 Å². The fraction of sp³-hybridized carbons (Fsp3) is 0.333. The minimum Gasteiger partial charge on any atom is -0.346 e. The van der Waals surface area contributed by atoms with Crippen molar-refractivity contribution in [3.8, 4) is 0 Å². The first kappa shape index (κ1) is 17.2. The molecule has 0 spiro atoms. The van der Waals surface area contributed by atoms with Crippen molar-refractivity contribution in [2.75, 3.05) is 11.4 Å². The minimum absolute atomic E-state index is 0.0572. The third-order valence-electron chi connectivity index (χ3n) is 4.75. The lowest BCUT2D eigenvalue weighted by molar-refractivity contribution is -0.117. The van der Waals surface area contributed by atoms with E-state index in [2.05, 4.69) is 36.5 Å². The van der Waals surface area contributed by atoms with Crippen LogP contribution in [0.15, 0.2) is 48.5 Å². The highest BCUT2D eigenvalue weighted by Crippen LogP contribution is 2.22. The zero-order valence-electron chi connectivity index (χ0n) is 14.8. The molecule has 2 aromatic carbocycles. The summed E-state index contributed by atoms with van der Waals surface area (Å²) in [7, 11) is 0. The number of amides is 2. The van der Waals surface area contributed by atoms with Gasteiger partial charge < -0.3 is 10.2 Å². The van der Waals surface area contributed by atoms with Gasteiger partial charge in [0.25, 0.3) is 5.91 Å². The molecule has 1 atom stereocenters. The molecule has 2 amide bonds. The Labute approximate surface area is 148 Å². The van der Waals surface area contributed by atoms with E-state index in [-0.39, 0.29) is 17.9 Å². The van der Waals surface area contributed by atoms with Gasteiger partial charge in [-0.2, -0.15) is 0 Å². The second-order valence-corrected chi connectivity index (χ2v) is 6.49. The average molecular weight is 336 g/mol. The van der Waals surface area contributed by atoms with E-state index in [1.165, 1.54) is 5.56 Å². The zero-order valence-corrected chi connectivity index (χ0v) is 14.8. The van der Waals surface area contributed by atoms with Crippen molar-refractivity contribution in [1.29, 1.82) is 0 Å². The largest absolute Gasteiger partial charge is 0.346 e. The van der Waals surface area contributed by atoms with Gasteiger partial charge in [0.1, 0.15) is 0 Å². The molecule has 0 aliphatic carbocycles. The Morgan fingerprint density at radius 2 is 1.80 bits per heavy atom. The summed E-state index contributed by atoms with van der Waals surface area (Å²) in [6.45, 7) is 4.87. The molecule has 4 nitrogen and oxygen atoms in total. The fourth-order valence-electron chi connectivity index (χ4n) is 3.12. The smallest absolute Gasteiger partial charge is 0.251 e. The number of benzene rings is 2. The molecule has 4 heteroatoms. The van der Waals surface area contributed by atoms with Gasteiger partial charge in [-0.15, -0.1) is 0 Å². The van der Waals surface area contributed by atoms with Gasteiger partial charge in [0.2, 0.25) is 5.91 Å². The summed E-state index contributed by atoms with van der Waals surface area (Å²) in [6.07, 6.45) is 2.51. The van der Waals surface area contributed by atoms with E-state index >= 15 is 0 Å². The maximum Gasteiger partial charge on any atom is 0.251 e. The molecule has 1 aliphatic rings. The summed E-state index contributed by atoms with van der Waals surface area (Å²) in [6, 6.07) is 15.5. The second kappa shape index (κ2) is 7.51. The first-order chi connectivity index (χ1) is 12.1. The molecule has 0 saturated carbocycles. The number of aryl methyl sites for hydroxylation is 1. The van der Waals surface area contributed by atoms with Crippen LogP contribution in [0.25, 0.3) is 0 Å². The molecule has 1 aliphatic heterocycles. The molecule has 0 aromatic heterocycles. The van der Waals surface area contributed by atoms with Crippen molar-refractivity contribution >= 4 is 17.5 Å². The fourth-order valence-corrected chi connectivity index (χ4v) is 3.12. The number of hydrogen-bond donors (Lipinski definition) is 1. The summed E-state index contributed by atoms with van der Waals surface area (Å²) in [4.78, 5) is 26.0. The van der Waals surface area contributed by atoms with Gasteiger partial charge in [-0.1, -0.05) is 31.2 Å². The number of nitrogens with one attached hydrogen (secondary N) is 1. The second-order valence-electron chi connectivity index (χ2n) is 6.49.